The average Bonchev–Trinajstić information content (AvgIpc) is 2.49. The van der Waals surface area contributed by atoms with E-state index in [4.69, 9.17) is 4.74 Å². The van der Waals surface area contributed by atoms with Crippen molar-refractivity contribution in [3.63, 3.8) is 0 Å². The molecule has 0 aromatic carbocycles. The molecule has 0 unspecified atom stereocenters. The van der Waals surface area contributed by atoms with Gasteiger partial charge in [-0.1, -0.05) is 0 Å². The largest absolute Gasteiger partial charge is 0.369 e. The maximum absolute atomic E-state index is 11.3. The SMILES string of the molecule is Cc1cn[nH]c1NC(=O)COC(C)C. The number of aromatic amines is 1. The van der Waals surface area contributed by atoms with Crippen molar-refractivity contribution in [1.29, 1.82) is 0 Å². The molecule has 1 aromatic heterocycles. The minimum atomic E-state index is -0.175. The average molecular weight is 197 g/mol. The van der Waals surface area contributed by atoms with E-state index in [1.807, 2.05) is 20.8 Å². The second kappa shape index (κ2) is 4.76. The zero-order chi connectivity index (χ0) is 10.6. The Bertz CT molecular complexity index is 307. The summed E-state index contributed by atoms with van der Waals surface area (Å²) in [6.45, 7) is 5.70. The molecule has 5 nitrogen and oxygen atoms in total. The molecular weight excluding hydrogens is 182 g/mol. The molecule has 5 heteroatoms. The van der Waals surface area contributed by atoms with E-state index in [0.717, 1.165) is 5.56 Å². The van der Waals surface area contributed by atoms with Crippen LogP contribution < -0.4 is 5.32 Å². The Morgan fingerprint density at radius 2 is 2.43 bits per heavy atom. The van der Waals surface area contributed by atoms with E-state index in [-0.39, 0.29) is 18.6 Å². The van der Waals surface area contributed by atoms with Crippen LogP contribution in [0.5, 0.6) is 0 Å². The normalized spacial score (nSPS) is 10.6. The van der Waals surface area contributed by atoms with Gasteiger partial charge in [0.15, 0.2) is 0 Å². The van der Waals surface area contributed by atoms with E-state index in [2.05, 4.69) is 15.5 Å². The van der Waals surface area contributed by atoms with Gasteiger partial charge < -0.3 is 10.1 Å². The molecule has 78 valence electrons. The monoisotopic (exact) mass is 197 g/mol. The van der Waals surface area contributed by atoms with Crippen molar-refractivity contribution in [1.82, 2.24) is 10.2 Å². The van der Waals surface area contributed by atoms with Crippen molar-refractivity contribution in [3.8, 4) is 0 Å². The fourth-order valence-electron chi connectivity index (χ4n) is 0.891. The van der Waals surface area contributed by atoms with Crippen molar-refractivity contribution >= 4 is 11.7 Å². The van der Waals surface area contributed by atoms with Crippen molar-refractivity contribution in [2.75, 3.05) is 11.9 Å². The molecule has 1 aromatic rings. The molecule has 1 heterocycles. The first-order valence-electron chi connectivity index (χ1n) is 4.51. The predicted molar refractivity (Wildman–Crippen MR) is 53.0 cm³/mol. The predicted octanol–water partition coefficient (Wildman–Crippen LogP) is 1.08. The maximum Gasteiger partial charge on any atom is 0.251 e. The summed E-state index contributed by atoms with van der Waals surface area (Å²) in [5.74, 6) is 0.452. The molecule has 14 heavy (non-hydrogen) atoms. The third-order valence-corrected chi connectivity index (χ3v) is 1.64. The van der Waals surface area contributed by atoms with Crippen LogP contribution in [-0.2, 0) is 9.53 Å². The summed E-state index contributed by atoms with van der Waals surface area (Å²) in [5.41, 5.74) is 0.905. The molecule has 0 radical (unpaired) electrons. The summed E-state index contributed by atoms with van der Waals surface area (Å²) in [4.78, 5) is 11.3. The fraction of sp³-hybridized carbons (Fsp3) is 0.556. The molecular formula is C9H15N3O2. The van der Waals surface area contributed by atoms with Crippen LogP contribution in [0, 0.1) is 6.92 Å². The minimum absolute atomic E-state index is 0.0589. The van der Waals surface area contributed by atoms with Crippen LogP contribution in [0.1, 0.15) is 19.4 Å². The molecule has 0 bridgehead atoms. The van der Waals surface area contributed by atoms with E-state index < -0.39 is 0 Å². The topological polar surface area (TPSA) is 67.0 Å². The van der Waals surface area contributed by atoms with Gasteiger partial charge in [-0.15, -0.1) is 0 Å². The number of hydrogen-bond acceptors (Lipinski definition) is 3. The molecule has 0 spiro atoms. The first kappa shape index (κ1) is 10.7. The number of carbonyl (C=O) groups is 1. The Kier molecular flexibility index (Phi) is 3.64. The van der Waals surface area contributed by atoms with Crippen molar-refractivity contribution in [2.24, 2.45) is 0 Å². The molecule has 0 saturated carbocycles. The third kappa shape index (κ3) is 3.18. The molecule has 0 aliphatic carbocycles. The molecule has 0 aliphatic rings. The summed E-state index contributed by atoms with van der Waals surface area (Å²) in [7, 11) is 0. The summed E-state index contributed by atoms with van der Waals surface area (Å²) < 4.78 is 5.15. The number of nitrogens with one attached hydrogen (secondary N) is 2. The Hall–Kier alpha value is -1.36. The number of nitrogens with zero attached hydrogens (tertiary/aromatic N) is 1. The van der Waals surface area contributed by atoms with Gasteiger partial charge in [0.2, 0.25) is 0 Å². The van der Waals surface area contributed by atoms with Crippen LogP contribution in [-0.4, -0.2) is 28.8 Å². The summed E-state index contributed by atoms with van der Waals surface area (Å²) >= 11 is 0. The van der Waals surface area contributed by atoms with Gasteiger partial charge in [0.1, 0.15) is 12.4 Å². The number of H-pyrrole nitrogens is 1. The fourth-order valence-corrected chi connectivity index (χ4v) is 0.891. The maximum atomic E-state index is 11.3. The summed E-state index contributed by atoms with van der Waals surface area (Å²) in [6.07, 6.45) is 1.71. The second-order valence-corrected chi connectivity index (χ2v) is 3.34. The van der Waals surface area contributed by atoms with Crippen molar-refractivity contribution in [2.45, 2.75) is 26.9 Å². The van der Waals surface area contributed by atoms with E-state index in [1.165, 1.54) is 0 Å². The number of ether oxygens (including phenoxy) is 1. The lowest BCUT2D eigenvalue weighted by Crippen LogP contribution is -2.21. The number of aromatic nitrogens is 2. The van der Waals surface area contributed by atoms with E-state index >= 15 is 0 Å². The zero-order valence-corrected chi connectivity index (χ0v) is 8.63. The van der Waals surface area contributed by atoms with Crippen LogP contribution in [0.3, 0.4) is 0 Å². The molecule has 0 atom stereocenters. The molecule has 1 amide bonds. The first-order valence-corrected chi connectivity index (χ1v) is 4.51. The zero-order valence-electron chi connectivity index (χ0n) is 8.63. The Morgan fingerprint density at radius 3 is 2.93 bits per heavy atom. The van der Waals surface area contributed by atoms with Crippen molar-refractivity contribution in [3.05, 3.63) is 11.8 Å². The number of hydrogen-bond donors (Lipinski definition) is 2. The molecule has 0 fully saturated rings. The minimum Gasteiger partial charge on any atom is -0.369 e. The molecule has 2 N–H and O–H groups in total. The smallest absolute Gasteiger partial charge is 0.251 e. The van der Waals surface area contributed by atoms with Crippen LogP contribution in [0.15, 0.2) is 6.20 Å². The highest BCUT2D eigenvalue weighted by Gasteiger charge is 2.06. The third-order valence-electron chi connectivity index (χ3n) is 1.64. The van der Waals surface area contributed by atoms with Gasteiger partial charge in [-0.05, 0) is 20.8 Å². The first-order chi connectivity index (χ1) is 6.59. The number of anilines is 1. The van der Waals surface area contributed by atoms with Gasteiger partial charge >= 0.3 is 0 Å². The number of aryl methyl sites for hydroxylation is 1. The Balaban J connectivity index is 2.38. The molecule has 0 aliphatic heterocycles. The van der Waals surface area contributed by atoms with E-state index in [9.17, 15) is 4.79 Å². The van der Waals surface area contributed by atoms with Crippen LogP contribution in [0.4, 0.5) is 5.82 Å². The van der Waals surface area contributed by atoms with E-state index in [1.54, 1.807) is 6.20 Å². The van der Waals surface area contributed by atoms with Gasteiger partial charge in [0.05, 0.1) is 12.3 Å². The van der Waals surface area contributed by atoms with Gasteiger partial charge in [-0.2, -0.15) is 5.10 Å². The van der Waals surface area contributed by atoms with Crippen LogP contribution in [0.2, 0.25) is 0 Å². The lowest BCUT2D eigenvalue weighted by molar-refractivity contribution is -0.121. The second-order valence-electron chi connectivity index (χ2n) is 3.34. The lowest BCUT2D eigenvalue weighted by atomic mass is 10.4. The molecule has 0 saturated heterocycles. The highest BCUT2D eigenvalue weighted by Crippen LogP contribution is 2.07. The van der Waals surface area contributed by atoms with Crippen LogP contribution in [0.25, 0.3) is 0 Å². The Labute approximate surface area is 82.8 Å². The number of carbonyl (C=O) groups excluding carboxylic acids is 1. The summed E-state index contributed by atoms with van der Waals surface area (Å²) in [6, 6.07) is 0. The Morgan fingerprint density at radius 1 is 1.71 bits per heavy atom. The van der Waals surface area contributed by atoms with Gasteiger partial charge in [-0.25, -0.2) is 0 Å². The number of rotatable bonds is 4. The van der Waals surface area contributed by atoms with Gasteiger partial charge in [-0.3, -0.25) is 9.89 Å². The van der Waals surface area contributed by atoms with Crippen LogP contribution >= 0.6 is 0 Å². The van der Waals surface area contributed by atoms with Crippen molar-refractivity contribution < 1.29 is 9.53 Å². The highest BCUT2D eigenvalue weighted by atomic mass is 16.5. The van der Waals surface area contributed by atoms with Gasteiger partial charge in [0, 0.05) is 5.56 Å². The van der Waals surface area contributed by atoms with Gasteiger partial charge in [0.25, 0.3) is 5.91 Å². The number of amides is 1. The lowest BCUT2D eigenvalue weighted by Gasteiger charge is -2.07. The standard InChI is InChI=1S/C9H15N3O2/c1-6(2)14-5-8(13)11-9-7(3)4-10-12-9/h4,6H,5H2,1-3H3,(H2,10,11,12,13). The highest BCUT2D eigenvalue weighted by molar-refractivity contribution is 5.91. The van der Waals surface area contributed by atoms with E-state index in [0.29, 0.717) is 5.82 Å². The summed E-state index contributed by atoms with van der Waals surface area (Å²) in [5, 5.41) is 9.14. The molecule has 1 rings (SSSR count). The quantitative estimate of drug-likeness (QED) is 0.759.